The molecule has 1 N–H and O–H groups in total. The van der Waals surface area contributed by atoms with Crippen molar-refractivity contribution in [1.82, 2.24) is 4.98 Å². The number of hydrogen-bond donors (Lipinski definition) is 1. The van der Waals surface area contributed by atoms with E-state index in [1.807, 2.05) is 4.90 Å². The normalized spacial score (nSPS) is 25.3. The average Bonchev–Trinajstić information content (AvgIpc) is 3.14. The van der Waals surface area contributed by atoms with E-state index in [-0.39, 0.29) is 28.6 Å². The molecule has 2 heterocycles. The second-order valence-electron chi connectivity index (χ2n) is 9.65. The van der Waals surface area contributed by atoms with Crippen LogP contribution in [-0.4, -0.2) is 30.1 Å². The maximum atomic E-state index is 14.6. The first-order valence-corrected chi connectivity index (χ1v) is 11.5. The van der Waals surface area contributed by atoms with E-state index >= 15 is 0 Å². The molecule has 1 aromatic carbocycles. The Hall–Kier alpha value is -2.64. The smallest absolute Gasteiger partial charge is 0.298 e. The molecule has 3 fully saturated rings. The number of aryl methyl sites for hydroxylation is 1. The Labute approximate surface area is 186 Å². The number of hydrogen-bond acceptors (Lipinski definition) is 5. The summed E-state index contributed by atoms with van der Waals surface area (Å²) < 4.78 is 40.4. The Morgan fingerprint density at radius 1 is 1.19 bits per heavy atom. The molecule has 3 aliphatic rings. The molecule has 2 saturated carbocycles. The zero-order valence-corrected chi connectivity index (χ0v) is 18.7. The first kappa shape index (κ1) is 21.2. The minimum atomic E-state index is -0.825. The first-order chi connectivity index (χ1) is 15.3. The molecule has 2 aromatic rings. The van der Waals surface area contributed by atoms with Crippen LogP contribution in [0.5, 0.6) is 5.75 Å². The van der Waals surface area contributed by atoms with Crippen LogP contribution < -0.4 is 15.0 Å². The van der Waals surface area contributed by atoms with Crippen molar-refractivity contribution in [3.05, 3.63) is 35.2 Å². The number of rotatable bonds is 7. The van der Waals surface area contributed by atoms with E-state index in [0.29, 0.717) is 23.6 Å². The number of oxazole rings is 1. The van der Waals surface area contributed by atoms with Crippen molar-refractivity contribution in [3.63, 3.8) is 0 Å². The van der Waals surface area contributed by atoms with Crippen LogP contribution in [0.2, 0.25) is 0 Å². The number of carbonyl (C=O) groups is 1. The maximum Gasteiger partial charge on any atom is 0.298 e. The fraction of sp³-hybridized carbons (Fsp3) is 0.583. The summed E-state index contributed by atoms with van der Waals surface area (Å²) >= 11 is 0. The summed E-state index contributed by atoms with van der Waals surface area (Å²) in [6, 6.07) is 2.56. The highest BCUT2D eigenvalue weighted by Crippen LogP contribution is 2.52. The molecule has 1 saturated heterocycles. The van der Waals surface area contributed by atoms with Crippen LogP contribution in [0.25, 0.3) is 0 Å². The van der Waals surface area contributed by atoms with Gasteiger partial charge in [-0.05, 0) is 50.9 Å². The predicted molar refractivity (Wildman–Crippen MR) is 116 cm³/mol. The van der Waals surface area contributed by atoms with Gasteiger partial charge in [0, 0.05) is 36.3 Å². The molecule has 1 aromatic heterocycles. The third-order valence-electron chi connectivity index (χ3n) is 7.56. The zero-order valence-electron chi connectivity index (χ0n) is 18.7. The Balaban J connectivity index is 1.25. The second-order valence-corrected chi connectivity index (χ2v) is 9.65. The van der Waals surface area contributed by atoms with Gasteiger partial charge in [0.2, 0.25) is 0 Å². The van der Waals surface area contributed by atoms with Crippen LogP contribution >= 0.6 is 0 Å². The van der Waals surface area contributed by atoms with Crippen LogP contribution in [0.15, 0.2) is 16.5 Å². The van der Waals surface area contributed by atoms with Crippen molar-refractivity contribution in [2.75, 3.05) is 23.3 Å². The number of halogens is 2. The largest absolute Gasteiger partial charge is 0.484 e. The maximum absolute atomic E-state index is 14.6. The van der Waals surface area contributed by atoms with Gasteiger partial charge in [-0.25, -0.2) is 8.78 Å². The molecule has 0 bridgehead atoms. The quantitative estimate of drug-likeness (QED) is 0.625. The molecule has 32 heavy (non-hydrogen) atoms. The van der Waals surface area contributed by atoms with Gasteiger partial charge in [-0.15, -0.1) is 0 Å². The number of ether oxygens (including phenoxy) is 1. The van der Waals surface area contributed by atoms with Gasteiger partial charge in [-0.3, -0.25) is 4.79 Å². The van der Waals surface area contributed by atoms with Crippen molar-refractivity contribution >= 4 is 17.6 Å². The Kier molecular flexibility index (Phi) is 5.13. The molecule has 2 unspecified atom stereocenters. The van der Waals surface area contributed by atoms with Crippen LogP contribution in [0.1, 0.15) is 62.2 Å². The summed E-state index contributed by atoms with van der Waals surface area (Å²) in [5, 5.41) is 2.53. The van der Waals surface area contributed by atoms with Gasteiger partial charge < -0.3 is 19.4 Å². The molecule has 8 heteroatoms. The average molecular weight is 446 g/mol. The second kappa shape index (κ2) is 7.74. The van der Waals surface area contributed by atoms with Crippen LogP contribution in [0, 0.1) is 35.8 Å². The van der Waals surface area contributed by atoms with Crippen molar-refractivity contribution in [2.24, 2.45) is 17.3 Å². The predicted octanol–water partition coefficient (Wildman–Crippen LogP) is 5.32. The lowest BCUT2D eigenvalue weighted by molar-refractivity contribution is 0.102. The Bertz CT molecular complexity index is 1010. The standard InChI is InChI=1S/C24H29F2N3O3/c1-4-24(5-2)11-29(12-24)23-28-20(13(3)31-23)22(30)27-16-9-18(25)21(19(26)10-16)32-17-7-14-6-15(14)8-17/h9-10,14-15,17H,4-8,11-12H2,1-3H3,(H,27,30)/t14-,15?,17?/m0/s1. The van der Waals surface area contributed by atoms with Gasteiger partial charge in [0.15, 0.2) is 23.1 Å². The van der Waals surface area contributed by atoms with E-state index in [1.54, 1.807) is 6.92 Å². The Morgan fingerprint density at radius 2 is 1.81 bits per heavy atom. The number of aromatic nitrogens is 1. The topological polar surface area (TPSA) is 67.6 Å². The number of nitrogens with zero attached hydrogens (tertiary/aromatic N) is 2. The molecule has 1 aliphatic heterocycles. The van der Waals surface area contributed by atoms with Crippen molar-refractivity contribution < 1.29 is 22.7 Å². The summed E-state index contributed by atoms with van der Waals surface area (Å²) in [7, 11) is 0. The lowest BCUT2D eigenvalue weighted by Crippen LogP contribution is -2.56. The molecule has 3 atom stereocenters. The van der Waals surface area contributed by atoms with Gasteiger partial charge in [0.25, 0.3) is 11.9 Å². The lowest BCUT2D eigenvalue weighted by Gasteiger charge is -2.48. The first-order valence-electron chi connectivity index (χ1n) is 11.5. The molecule has 1 amide bonds. The fourth-order valence-corrected chi connectivity index (χ4v) is 5.18. The van der Waals surface area contributed by atoms with Gasteiger partial charge in [-0.2, -0.15) is 4.98 Å². The molecular formula is C24H29F2N3O3. The van der Waals surface area contributed by atoms with Gasteiger partial charge in [0.05, 0.1) is 6.10 Å². The van der Waals surface area contributed by atoms with Gasteiger partial charge in [0.1, 0.15) is 5.76 Å². The zero-order chi connectivity index (χ0) is 22.6. The number of amides is 1. The van der Waals surface area contributed by atoms with Crippen molar-refractivity contribution in [1.29, 1.82) is 0 Å². The highest BCUT2D eigenvalue weighted by Gasteiger charge is 2.47. The van der Waals surface area contributed by atoms with E-state index in [9.17, 15) is 13.6 Å². The minimum absolute atomic E-state index is 0.00972. The van der Waals surface area contributed by atoms with E-state index < -0.39 is 17.5 Å². The van der Waals surface area contributed by atoms with E-state index in [2.05, 4.69) is 24.1 Å². The number of nitrogens with one attached hydrogen (secondary N) is 1. The molecule has 0 radical (unpaired) electrons. The SMILES string of the molecule is CCC1(CC)CN(c2nc(C(=O)Nc3cc(F)c(OC4CC5C[C@H]5C4)c(F)c3)c(C)o2)C1. The number of benzene rings is 1. The monoisotopic (exact) mass is 445 g/mol. The van der Waals surface area contributed by atoms with E-state index in [1.165, 1.54) is 6.42 Å². The summed E-state index contributed by atoms with van der Waals surface area (Å²) in [6.07, 6.45) is 4.92. The van der Waals surface area contributed by atoms with Crippen LogP contribution in [-0.2, 0) is 0 Å². The summed E-state index contributed by atoms with van der Waals surface area (Å²) in [5.74, 6) is -0.928. The fourth-order valence-electron chi connectivity index (χ4n) is 5.18. The number of carbonyl (C=O) groups excluding carboxylic acids is 1. The third kappa shape index (κ3) is 3.73. The highest BCUT2D eigenvalue weighted by molar-refractivity contribution is 6.03. The van der Waals surface area contributed by atoms with Crippen molar-refractivity contribution in [3.8, 4) is 5.75 Å². The molecule has 172 valence electrons. The molecule has 0 spiro atoms. The minimum Gasteiger partial charge on any atom is -0.484 e. The van der Waals surface area contributed by atoms with E-state index in [4.69, 9.17) is 9.15 Å². The highest BCUT2D eigenvalue weighted by atomic mass is 19.1. The third-order valence-corrected chi connectivity index (χ3v) is 7.56. The van der Waals surface area contributed by atoms with E-state index in [0.717, 1.165) is 50.9 Å². The van der Waals surface area contributed by atoms with Gasteiger partial charge in [-0.1, -0.05) is 13.8 Å². The summed E-state index contributed by atoms with van der Waals surface area (Å²) in [5.41, 5.74) is 0.384. The summed E-state index contributed by atoms with van der Waals surface area (Å²) in [4.78, 5) is 19.1. The molecule has 2 aliphatic carbocycles. The number of fused-ring (bicyclic) bond motifs is 1. The van der Waals surface area contributed by atoms with Gasteiger partial charge >= 0.3 is 0 Å². The van der Waals surface area contributed by atoms with Crippen LogP contribution in [0.4, 0.5) is 20.5 Å². The van der Waals surface area contributed by atoms with Crippen LogP contribution in [0.3, 0.4) is 0 Å². The molecule has 5 rings (SSSR count). The molecule has 6 nitrogen and oxygen atoms in total. The van der Waals surface area contributed by atoms with Crippen molar-refractivity contribution in [2.45, 2.75) is 59.0 Å². The molecular weight excluding hydrogens is 416 g/mol. The number of anilines is 2. The Morgan fingerprint density at radius 3 is 2.41 bits per heavy atom. The lowest BCUT2D eigenvalue weighted by atomic mass is 9.75. The summed E-state index contributed by atoms with van der Waals surface area (Å²) in [6.45, 7) is 7.67.